The maximum Gasteiger partial charge on any atom is 0.337 e. The van der Waals surface area contributed by atoms with E-state index in [1.165, 1.54) is 14.0 Å². The number of fused-ring (bicyclic) bond motifs is 1. The van der Waals surface area contributed by atoms with Crippen LogP contribution in [0.4, 0.5) is 0 Å². The number of esters is 2. The fraction of sp³-hybridized carbons (Fsp3) is 0.645. The van der Waals surface area contributed by atoms with Crippen LogP contribution in [-0.4, -0.2) is 65.6 Å². The summed E-state index contributed by atoms with van der Waals surface area (Å²) in [5, 5.41) is 22.7. The van der Waals surface area contributed by atoms with Crippen LogP contribution in [0.3, 0.4) is 0 Å². The molecule has 1 spiro atoms. The quantitative estimate of drug-likeness (QED) is 0.425. The summed E-state index contributed by atoms with van der Waals surface area (Å²) >= 11 is 0. The van der Waals surface area contributed by atoms with E-state index in [2.05, 4.69) is 4.74 Å². The summed E-state index contributed by atoms with van der Waals surface area (Å²) in [7, 11) is 1.37. The summed E-state index contributed by atoms with van der Waals surface area (Å²) in [6.07, 6.45) is 0.242. The third kappa shape index (κ3) is 3.71. The van der Waals surface area contributed by atoms with Gasteiger partial charge in [-0.3, -0.25) is 9.59 Å². The van der Waals surface area contributed by atoms with Crippen LogP contribution in [0.25, 0.3) is 0 Å². The molecule has 1 aromatic carbocycles. The van der Waals surface area contributed by atoms with Gasteiger partial charge in [0.1, 0.15) is 0 Å². The number of methoxy groups -OCH3 is 1. The van der Waals surface area contributed by atoms with Crippen molar-refractivity contribution in [3.05, 3.63) is 47.0 Å². The van der Waals surface area contributed by atoms with Crippen LogP contribution in [0.15, 0.2) is 41.5 Å². The number of hydrogen-bond donors (Lipinski definition) is 2. The second-order valence-corrected chi connectivity index (χ2v) is 11.6. The van der Waals surface area contributed by atoms with E-state index in [1.807, 2.05) is 40.7 Å². The maximum atomic E-state index is 13.8. The second-order valence-electron chi connectivity index (χ2n) is 11.6. The first kappa shape index (κ1) is 29.4. The van der Waals surface area contributed by atoms with Gasteiger partial charge in [-0.15, -0.1) is 0 Å². The van der Waals surface area contributed by atoms with Gasteiger partial charge in [-0.1, -0.05) is 44.5 Å². The third-order valence-corrected chi connectivity index (χ3v) is 10.4. The van der Waals surface area contributed by atoms with Crippen LogP contribution in [0, 0.1) is 22.2 Å². The number of rotatable bonds is 2. The lowest BCUT2D eigenvalue weighted by molar-refractivity contribution is -0.385. The first-order valence-corrected chi connectivity index (χ1v) is 14.0. The van der Waals surface area contributed by atoms with E-state index in [0.717, 1.165) is 11.1 Å². The molecule has 5 aliphatic rings. The highest BCUT2D eigenvalue weighted by molar-refractivity contribution is 5.97. The maximum absolute atomic E-state index is 13.8. The van der Waals surface area contributed by atoms with Crippen LogP contribution >= 0.6 is 0 Å². The van der Waals surface area contributed by atoms with Crippen molar-refractivity contribution >= 4 is 17.7 Å². The highest BCUT2D eigenvalue weighted by Crippen LogP contribution is 2.83. The summed E-state index contributed by atoms with van der Waals surface area (Å²) in [6, 6.07) is 8.88. The summed E-state index contributed by atoms with van der Waals surface area (Å²) in [4.78, 5) is 36.4. The lowest BCUT2D eigenvalue weighted by Gasteiger charge is -2.82. The van der Waals surface area contributed by atoms with Crippen molar-refractivity contribution in [1.29, 1.82) is 0 Å². The van der Waals surface area contributed by atoms with Crippen molar-refractivity contribution in [2.75, 3.05) is 13.7 Å². The second kappa shape index (κ2) is 10.1. The topological polar surface area (TPSA) is 119 Å². The Bertz CT molecular complexity index is 1180. The predicted molar refractivity (Wildman–Crippen MR) is 144 cm³/mol. The SMILES string of the molecule is CC.CC(=O)O[C@H]1C(=O)[C@]2(C)[C@@H](O)C[C@H]3OC[C@H]3C23C[C@]2(O)CCC(C)=C1[C@]32C.COC(=O)c1ccccc1. The van der Waals surface area contributed by atoms with Crippen LogP contribution < -0.4 is 0 Å². The summed E-state index contributed by atoms with van der Waals surface area (Å²) < 4.78 is 15.8. The first-order valence-electron chi connectivity index (χ1n) is 14.0. The van der Waals surface area contributed by atoms with Crippen molar-refractivity contribution in [1.82, 2.24) is 0 Å². The summed E-state index contributed by atoms with van der Waals surface area (Å²) in [5.41, 5.74) is -0.900. The van der Waals surface area contributed by atoms with Gasteiger partial charge in [0.15, 0.2) is 11.9 Å². The Morgan fingerprint density at radius 1 is 1.13 bits per heavy atom. The number of benzene rings is 1. The van der Waals surface area contributed by atoms with Gasteiger partial charge in [-0.05, 0) is 50.8 Å². The summed E-state index contributed by atoms with van der Waals surface area (Å²) in [6.45, 7) is 11.7. The van der Waals surface area contributed by atoms with Gasteiger partial charge in [0.2, 0.25) is 0 Å². The van der Waals surface area contributed by atoms with Crippen molar-refractivity contribution in [3.63, 3.8) is 0 Å². The van der Waals surface area contributed by atoms with Gasteiger partial charge in [-0.2, -0.15) is 0 Å². The van der Waals surface area contributed by atoms with Gasteiger partial charge in [0, 0.05) is 30.1 Å². The van der Waals surface area contributed by atoms with E-state index < -0.39 is 40.0 Å². The largest absolute Gasteiger partial charge is 0.465 e. The number of aliphatic hydroxyl groups is 2. The van der Waals surface area contributed by atoms with E-state index in [9.17, 15) is 24.6 Å². The number of aliphatic hydroxyl groups excluding tert-OH is 1. The summed E-state index contributed by atoms with van der Waals surface area (Å²) in [5.74, 6) is -0.900. The van der Waals surface area contributed by atoms with E-state index in [-0.39, 0.29) is 23.8 Å². The minimum atomic E-state index is -1.07. The Balaban J connectivity index is 0.000000248. The average Bonchev–Trinajstić information content (AvgIpc) is 2.91. The number of hydrogen-bond acceptors (Lipinski definition) is 8. The molecule has 8 atom stereocenters. The molecule has 214 valence electrons. The molecule has 0 aromatic heterocycles. The van der Waals surface area contributed by atoms with Gasteiger partial charge in [0.05, 0.1) is 42.5 Å². The van der Waals surface area contributed by atoms with Crippen molar-refractivity contribution in [2.24, 2.45) is 22.2 Å². The molecule has 6 rings (SSSR count). The Labute approximate surface area is 230 Å². The number of carbonyl (C=O) groups is 3. The van der Waals surface area contributed by atoms with E-state index in [1.54, 1.807) is 24.3 Å². The normalized spacial score (nSPS) is 40.9. The fourth-order valence-electron chi connectivity index (χ4n) is 8.52. The Kier molecular flexibility index (Phi) is 7.64. The minimum absolute atomic E-state index is 0.0731. The standard InChI is InChI=1S/C21H28O6.C8H8O2.C2H6/c1-10-5-6-20(25)9-21-12-8-26-13(12)7-14(23)18(21,3)17(24)16(27-11(2)22)15(10)19(20,21)4;1-10-8(9)7-5-3-2-4-6-7;1-2/h12-14,16,23,25H,5-9H2,1-4H3;2-6H,1H3;1-2H3/t12-,13-,14+,16-,18+,19+,20-,21?;;/m1../s1. The monoisotopic (exact) mass is 542 g/mol. The van der Waals surface area contributed by atoms with Crippen molar-refractivity contribution in [2.45, 2.75) is 91.1 Å². The zero-order valence-corrected chi connectivity index (χ0v) is 24.1. The average molecular weight is 543 g/mol. The van der Waals surface area contributed by atoms with Crippen molar-refractivity contribution in [3.8, 4) is 0 Å². The zero-order valence-electron chi connectivity index (χ0n) is 24.1. The molecular weight excluding hydrogens is 500 g/mol. The van der Waals surface area contributed by atoms with Crippen LogP contribution in [-0.2, 0) is 23.8 Å². The third-order valence-electron chi connectivity index (χ3n) is 10.4. The first-order chi connectivity index (χ1) is 18.4. The van der Waals surface area contributed by atoms with Gasteiger partial charge in [0.25, 0.3) is 0 Å². The molecule has 1 heterocycles. The lowest BCUT2D eigenvalue weighted by atomic mass is 9.22. The van der Waals surface area contributed by atoms with Gasteiger partial charge < -0.3 is 24.4 Å². The molecule has 39 heavy (non-hydrogen) atoms. The molecular formula is C31H42O8. The smallest absolute Gasteiger partial charge is 0.337 e. The fourth-order valence-corrected chi connectivity index (χ4v) is 8.52. The molecule has 1 aliphatic heterocycles. The van der Waals surface area contributed by atoms with E-state index in [0.29, 0.717) is 37.9 Å². The predicted octanol–water partition coefficient (Wildman–Crippen LogP) is 4.02. The highest BCUT2D eigenvalue weighted by atomic mass is 16.5. The van der Waals surface area contributed by atoms with Gasteiger partial charge in [-0.25, -0.2) is 4.79 Å². The van der Waals surface area contributed by atoms with E-state index >= 15 is 0 Å². The lowest BCUT2D eigenvalue weighted by Crippen LogP contribution is -2.88. The minimum Gasteiger partial charge on any atom is -0.465 e. The van der Waals surface area contributed by atoms with E-state index in [4.69, 9.17) is 9.47 Å². The Morgan fingerprint density at radius 2 is 1.77 bits per heavy atom. The molecule has 1 aromatic rings. The molecule has 0 radical (unpaired) electrons. The number of ether oxygens (including phenoxy) is 3. The molecule has 4 aliphatic carbocycles. The Hall–Kier alpha value is -2.55. The van der Waals surface area contributed by atoms with Crippen LogP contribution in [0.5, 0.6) is 0 Å². The number of Topliss-reactive ketones (excluding diaryl/α,β-unsaturated/α-hetero) is 1. The number of carbonyl (C=O) groups excluding carboxylic acids is 3. The molecule has 2 N–H and O–H groups in total. The molecule has 3 saturated carbocycles. The number of ketones is 1. The highest BCUT2D eigenvalue weighted by Gasteiger charge is 2.88. The molecule has 0 bridgehead atoms. The number of allylic oxidation sites excluding steroid dienone is 1. The molecule has 1 saturated heterocycles. The zero-order chi connectivity index (χ0) is 29.0. The molecule has 0 amide bonds. The van der Waals surface area contributed by atoms with Gasteiger partial charge >= 0.3 is 11.9 Å². The molecule has 1 unspecified atom stereocenters. The Morgan fingerprint density at radius 3 is 2.31 bits per heavy atom. The molecule has 8 nitrogen and oxygen atoms in total. The van der Waals surface area contributed by atoms with Crippen molar-refractivity contribution < 1.29 is 38.8 Å². The van der Waals surface area contributed by atoms with Crippen LogP contribution in [0.1, 0.15) is 77.6 Å². The molecule has 8 heteroatoms. The van der Waals surface area contributed by atoms with Crippen LogP contribution in [0.2, 0.25) is 0 Å². The molecule has 4 fully saturated rings.